The van der Waals surface area contributed by atoms with Gasteiger partial charge in [-0.05, 0) is 31.4 Å². The van der Waals surface area contributed by atoms with Gasteiger partial charge in [0.25, 0.3) is 0 Å². The lowest BCUT2D eigenvalue weighted by Gasteiger charge is -2.36. The van der Waals surface area contributed by atoms with Gasteiger partial charge in [-0.2, -0.15) is 0 Å². The van der Waals surface area contributed by atoms with Crippen molar-refractivity contribution in [3.63, 3.8) is 0 Å². The molecule has 0 saturated carbocycles. The molecule has 1 aromatic carbocycles. The van der Waals surface area contributed by atoms with Crippen LogP contribution in [0.3, 0.4) is 0 Å². The third kappa shape index (κ3) is 1.79. The van der Waals surface area contributed by atoms with Gasteiger partial charge in [-0.25, -0.2) is 0 Å². The van der Waals surface area contributed by atoms with Gasteiger partial charge in [-0.1, -0.05) is 38.1 Å². The topological polar surface area (TPSA) is 19.4 Å². The van der Waals surface area contributed by atoms with Gasteiger partial charge in [0.1, 0.15) is 6.17 Å². The Bertz CT molecular complexity index is 819. The summed E-state index contributed by atoms with van der Waals surface area (Å²) in [6.07, 6.45) is 2.21. The molecule has 0 aliphatic carbocycles. The number of nitrogens with zero attached hydrogens (tertiary/aromatic N) is 3. The van der Waals surface area contributed by atoms with Gasteiger partial charge in [0.05, 0.1) is 17.1 Å². The number of hydrogen-bond acceptors (Lipinski definition) is 3. The van der Waals surface area contributed by atoms with Crippen LogP contribution in [0.1, 0.15) is 32.0 Å². The molecule has 2 aliphatic rings. The zero-order valence-electron chi connectivity index (χ0n) is 14.5. The Morgan fingerprint density at radius 2 is 1.83 bits per heavy atom. The zero-order valence-corrected chi connectivity index (χ0v) is 14.5. The summed E-state index contributed by atoms with van der Waals surface area (Å²) in [5.41, 5.74) is 8.97. The molecule has 0 N–H and O–H groups in total. The second-order valence-electron chi connectivity index (χ2n) is 6.87. The number of hydrogen-bond donors (Lipinski definition) is 0. The SMILES string of the molecule is Cc1cccc2c1N1C(=C(C(C)C)N(C)C1C)c1ncccc1-2. The Hall–Kier alpha value is -2.29. The molecule has 3 heteroatoms. The maximum Gasteiger partial charge on any atom is 0.103 e. The van der Waals surface area contributed by atoms with E-state index in [2.05, 4.69) is 68.8 Å². The lowest BCUT2D eigenvalue weighted by atomic mass is 9.91. The summed E-state index contributed by atoms with van der Waals surface area (Å²) >= 11 is 0. The summed E-state index contributed by atoms with van der Waals surface area (Å²) < 4.78 is 0. The fraction of sp³-hybridized carbons (Fsp3) is 0.350. The summed E-state index contributed by atoms with van der Waals surface area (Å²) in [6, 6.07) is 10.8. The zero-order chi connectivity index (χ0) is 16.3. The summed E-state index contributed by atoms with van der Waals surface area (Å²) in [5.74, 6) is 0.461. The highest BCUT2D eigenvalue weighted by molar-refractivity contribution is 6.00. The van der Waals surface area contributed by atoms with Crippen molar-refractivity contribution in [3.8, 4) is 11.1 Å². The van der Waals surface area contributed by atoms with E-state index in [9.17, 15) is 0 Å². The van der Waals surface area contributed by atoms with Gasteiger partial charge in [-0.15, -0.1) is 0 Å². The van der Waals surface area contributed by atoms with Crippen molar-refractivity contribution in [2.75, 3.05) is 11.9 Å². The molecule has 1 atom stereocenters. The second-order valence-corrected chi connectivity index (χ2v) is 6.87. The minimum absolute atomic E-state index is 0.303. The lowest BCUT2D eigenvalue weighted by Crippen LogP contribution is -2.37. The highest BCUT2D eigenvalue weighted by Crippen LogP contribution is 2.51. The predicted molar refractivity (Wildman–Crippen MR) is 95.9 cm³/mol. The fourth-order valence-corrected chi connectivity index (χ4v) is 4.07. The first-order valence-electron chi connectivity index (χ1n) is 8.34. The molecule has 118 valence electrons. The Labute approximate surface area is 138 Å². The molecule has 2 aromatic rings. The first kappa shape index (κ1) is 14.3. The number of pyridine rings is 1. The van der Waals surface area contributed by atoms with E-state index in [4.69, 9.17) is 4.98 Å². The van der Waals surface area contributed by atoms with Crippen molar-refractivity contribution < 1.29 is 0 Å². The highest BCUT2D eigenvalue weighted by atomic mass is 15.4. The smallest absolute Gasteiger partial charge is 0.103 e. The molecule has 0 spiro atoms. The van der Waals surface area contributed by atoms with E-state index >= 15 is 0 Å². The van der Waals surface area contributed by atoms with Crippen LogP contribution >= 0.6 is 0 Å². The minimum Gasteiger partial charge on any atom is -0.356 e. The summed E-state index contributed by atoms with van der Waals surface area (Å²) in [5, 5.41) is 0. The van der Waals surface area contributed by atoms with Crippen LogP contribution in [0.5, 0.6) is 0 Å². The van der Waals surface area contributed by atoms with E-state index < -0.39 is 0 Å². The quantitative estimate of drug-likeness (QED) is 0.773. The largest absolute Gasteiger partial charge is 0.356 e. The first-order chi connectivity index (χ1) is 11.0. The third-order valence-corrected chi connectivity index (χ3v) is 5.15. The highest BCUT2D eigenvalue weighted by Gasteiger charge is 2.41. The van der Waals surface area contributed by atoms with Gasteiger partial charge in [0.2, 0.25) is 0 Å². The van der Waals surface area contributed by atoms with E-state index in [0.29, 0.717) is 12.1 Å². The summed E-state index contributed by atoms with van der Waals surface area (Å²) in [4.78, 5) is 9.65. The van der Waals surface area contributed by atoms with Crippen molar-refractivity contribution in [2.24, 2.45) is 5.92 Å². The van der Waals surface area contributed by atoms with E-state index in [1.54, 1.807) is 0 Å². The molecule has 3 nitrogen and oxygen atoms in total. The number of rotatable bonds is 1. The van der Waals surface area contributed by atoms with Crippen LogP contribution < -0.4 is 4.90 Å². The Morgan fingerprint density at radius 1 is 1.09 bits per heavy atom. The molecule has 4 rings (SSSR count). The number of aryl methyl sites for hydroxylation is 1. The van der Waals surface area contributed by atoms with E-state index in [0.717, 1.165) is 5.69 Å². The van der Waals surface area contributed by atoms with Gasteiger partial charge in [0, 0.05) is 30.1 Å². The summed E-state index contributed by atoms with van der Waals surface area (Å²) in [7, 11) is 2.20. The molecule has 1 unspecified atom stereocenters. The predicted octanol–water partition coefficient (Wildman–Crippen LogP) is 4.49. The van der Waals surface area contributed by atoms with Crippen LogP contribution in [-0.2, 0) is 0 Å². The molecular formula is C20H23N3. The van der Waals surface area contributed by atoms with Crippen molar-refractivity contribution in [3.05, 3.63) is 53.5 Å². The van der Waals surface area contributed by atoms with Gasteiger partial charge in [0.15, 0.2) is 0 Å². The van der Waals surface area contributed by atoms with Gasteiger partial charge < -0.3 is 9.80 Å². The van der Waals surface area contributed by atoms with Crippen LogP contribution in [-0.4, -0.2) is 23.1 Å². The Balaban J connectivity index is 2.13. The minimum atomic E-state index is 0.303. The number of allylic oxidation sites excluding steroid dienone is 1. The third-order valence-electron chi connectivity index (χ3n) is 5.15. The molecule has 0 bridgehead atoms. The monoisotopic (exact) mass is 305 g/mol. The van der Waals surface area contributed by atoms with Crippen molar-refractivity contribution >= 4 is 11.4 Å². The van der Waals surface area contributed by atoms with Crippen LogP contribution in [0.2, 0.25) is 0 Å². The molecule has 2 aliphatic heterocycles. The average Bonchev–Trinajstić information content (AvgIpc) is 2.80. The van der Waals surface area contributed by atoms with Crippen LogP contribution in [0.25, 0.3) is 16.8 Å². The maximum atomic E-state index is 4.77. The molecule has 23 heavy (non-hydrogen) atoms. The summed E-state index contributed by atoms with van der Waals surface area (Å²) in [6.45, 7) is 9.02. The Kier molecular flexibility index (Phi) is 3.02. The van der Waals surface area contributed by atoms with Crippen molar-refractivity contribution in [2.45, 2.75) is 33.9 Å². The van der Waals surface area contributed by atoms with E-state index in [1.165, 1.54) is 33.8 Å². The molecule has 0 fully saturated rings. The standard InChI is InChI=1S/C20H23N3/c1-12(2)18-20-17-15(10-7-11-21-17)16-9-6-8-13(3)19(16)23(20)14(4)22(18)5/h6-12,14H,1-5H3. The van der Waals surface area contributed by atoms with Crippen LogP contribution in [0, 0.1) is 12.8 Å². The molecule has 3 heterocycles. The maximum absolute atomic E-state index is 4.77. The van der Waals surface area contributed by atoms with Crippen molar-refractivity contribution in [1.29, 1.82) is 0 Å². The Morgan fingerprint density at radius 3 is 2.57 bits per heavy atom. The average molecular weight is 305 g/mol. The number of anilines is 1. The molecule has 0 saturated heterocycles. The van der Waals surface area contributed by atoms with Crippen LogP contribution in [0.4, 0.5) is 5.69 Å². The van der Waals surface area contributed by atoms with Gasteiger partial charge >= 0.3 is 0 Å². The number of benzene rings is 1. The number of aromatic nitrogens is 1. The number of fused-ring (bicyclic) bond motifs is 6. The fourth-order valence-electron chi connectivity index (χ4n) is 4.07. The van der Waals surface area contributed by atoms with Crippen LogP contribution in [0.15, 0.2) is 42.2 Å². The second kappa shape index (κ2) is 4.85. The van der Waals surface area contributed by atoms with E-state index in [-0.39, 0.29) is 0 Å². The lowest BCUT2D eigenvalue weighted by molar-refractivity contribution is 0.328. The van der Waals surface area contributed by atoms with Gasteiger partial charge in [-0.3, -0.25) is 4.98 Å². The molecular weight excluding hydrogens is 282 g/mol. The van der Waals surface area contributed by atoms with Crippen molar-refractivity contribution in [1.82, 2.24) is 9.88 Å². The molecule has 1 aromatic heterocycles. The molecule has 0 radical (unpaired) electrons. The normalized spacial score (nSPS) is 19.1. The first-order valence-corrected chi connectivity index (χ1v) is 8.34. The molecule has 0 amide bonds. The van der Waals surface area contributed by atoms with E-state index in [1.807, 2.05) is 12.3 Å². The number of para-hydroxylation sites is 1.